The molecule has 0 radical (unpaired) electrons. The van der Waals surface area contributed by atoms with Crippen molar-refractivity contribution >= 4 is 16.8 Å². The van der Waals surface area contributed by atoms with Crippen molar-refractivity contribution < 1.29 is 4.42 Å². The predicted octanol–water partition coefficient (Wildman–Crippen LogP) is 4.06. The van der Waals surface area contributed by atoms with Gasteiger partial charge in [-0.1, -0.05) is 26.7 Å². The first-order valence-corrected chi connectivity index (χ1v) is 6.35. The van der Waals surface area contributed by atoms with Crippen molar-refractivity contribution in [1.82, 2.24) is 4.98 Å². The summed E-state index contributed by atoms with van der Waals surface area (Å²) in [5, 5.41) is 4.56. The summed E-state index contributed by atoms with van der Waals surface area (Å²) in [7, 11) is 0. The standard InChI is InChI=1S/C14H20N2O/c1-4-11(5-2)10(3)16-14-12-7-9-17-13(12)6-8-15-14/h6-11H,4-5H2,1-3H3,(H,15,16). The van der Waals surface area contributed by atoms with Crippen LogP contribution in [-0.2, 0) is 0 Å². The number of pyridine rings is 1. The minimum Gasteiger partial charge on any atom is -0.464 e. The Bertz CT molecular complexity index is 474. The lowest BCUT2D eigenvalue weighted by molar-refractivity contribution is 0.437. The van der Waals surface area contributed by atoms with Crippen LogP contribution < -0.4 is 5.32 Å². The fourth-order valence-corrected chi connectivity index (χ4v) is 2.34. The van der Waals surface area contributed by atoms with E-state index in [0.29, 0.717) is 12.0 Å². The van der Waals surface area contributed by atoms with E-state index in [9.17, 15) is 0 Å². The summed E-state index contributed by atoms with van der Waals surface area (Å²) in [4.78, 5) is 4.40. The number of hydrogen-bond donors (Lipinski definition) is 1. The van der Waals surface area contributed by atoms with E-state index < -0.39 is 0 Å². The molecule has 0 amide bonds. The Morgan fingerprint density at radius 2 is 2.06 bits per heavy atom. The molecule has 1 N–H and O–H groups in total. The first kappa shape index (κ1) is 12.0. The van der Waals surface area contributed by atoms with E-state index in [2.05, 4.69) is 31.1 Å². The Labute approximate surface area is 102 Å². The normalized spacial score (nSPS) is 13.2. The van der Waals surface area contributed by atoms with Crippen LogP contribution >= 0.6 is 0 Å². The van der Waals surface area contributed by atoms with E-state index in [1.54, 1.807) is 12.5 Å². The topological polar surface area (TPSA) is 38.1 Å². The van der Waals surface area contributed by atoms with Gasteiger partial charge in [0.1, 0.15) is 11.4 Å². The van der Waals surface area contributed by atoms with Crippen LogP contribution in [0.15, 0.2) is 29.0 Å². The molecule has 0 aliphatic heterocycles. The first-order valence-electron chi connectivity index (χ1n) is 6.35. The molecular weight excluding hydrogens is 212 g/mol. The summed E-state index contributed by atoms with van der Waals surface area (Å²) in [6.45, 7) is 6.69. The number of fused-ring (bicyclic) bond motifs is 1. The maximum absolute atomic E-state index is 5.37. The van der Waals surface area contributed by atoms with E-state index in [1.165, 1.54) is 12.8 Å². The van der Waals surface area contributed by atoms with Crippen molar-refractivity contribution in [3.8, 4) is 0 Å². The largest absolute Gasteiger partial charge is 0.464 e. The zero-order valence-electron chi connectivity index (χ0n) is 10.7. The van der Waals surface area contributed by atoms with E-state index in [0.717, 1.165) is 16.8 Å². The summed E-state index contributed by atoms with van der Waals surface area (Å²) in [5.41, 5.74) is 0.888. The molecule has 0 aliphatic rings. The average molecular weight is 232 g/mol. The minimum atomic E-state index is 0.429. The van der Waals surface area contributed by atoms with Gasteiger partial charge < -0.3 is 9.73 Å². The molecule has 0 aromatic carbocycles. The third-order valence-electron chi connectivity index (χ3n) is 3.50. The quantitative estimate of drug-likeness (QED) is 0.844. The summed E-state index contributed by atoms with van der Waals surface area (Å²) >= 11 is 0. The monoisotopic (exact) mass is 232 g/mol. The van der Waals surface area contributed by atoms with Gasteiger partial charge in [-0.2, -0.15) is 0 Å². The number of anilines is 1. The van der Waals surface area contributed by atoms with Crippen LogP contribution in [0, 0.1) is 5.92 Å². The summed E-state index contributed by atoms with van der Waals surface area (Å²) < 4.78 is 5.37. The molecule has 0 spiro atoms. The molecule has 0 fully saturated rings. The molecule has 0 saturated heterocycles. The molecule has 3 heteroatoms. The van der Waals surface area contributed by atoms with Crippen molar-refractivity contribution in [2.75, 3.05) is 5.32 Å². The second-order valence-electron chi connectivity index (χ2n) is 4.50. The number of nitrogens with zero attached hydrogens (tertiary/aromatic N) is 1. The Balaban J connectivity index is 2.20. The zero-order chi connectivity index (χ0) is 12.3. The Hall–Kier alpha value is -1.51. The minimum absolute atomic E-state index is 0.429. The summed E-state index contributed by atoms with van der Waals surface area (Å²) in [5.74, 6) is 1.61. The van der Waals surface area contributed by atoms with Crippen molar-refractivity contribution in [3.63, 3.8) is 0 Å². The van der Waals surface area contributed by atoms with Gasteiger partial charge in [0.25, 0.3) is 0 Å². The first-order chi connectivity index (χ1) is 8.26. The highest BCUT2D eigenvalue weighted by molar-refractivity contribution is 5.87. The third-order valence-corrected chi connectivity index (χ3v) is 3.50. The van der Waals surface area contributed by atoms with Crippen molar-refractivity contribution in [3.05, 3.63) is 24.6 Å². The highest BCUT2D eigenvalue weighted by Crippen LogP contribution is 2.24. The van der Waals surface area contributed by atoms with E-state index in [1.807, 2.05) is 12.1 Å². The van der Waals surface area contributed by atoms with Gasteiger partial charge in [-0.3, -0.25) is 0 Å². The van der Waals surface area contributed by atoms with Gasteiger partial charge in [0.2, 0.25) is 0 Å². The van der Waals surface area contributed by atoms with Crippen molar-refractivity contribution in [1.29, 1.82) is 0 Å². The molecule has 1 unspecified atom stereocenters. The van der Waals surface area contributed by atoms with Crippen LogP contribution in [0.5, 0.6) is 0 Å². The van der Waals surface area contributed by atoms with Gasteiger partial charge in [0, 0.05) is 12.2 Å². The summed E-state index contributed by atoms with van der Waals surface area (Å²) in [6, 6.07) is 4.28. The van der Waals surface area contributed by atoms with Crippen molar-refractivity contribution in [2.45, 2.75) is 39.7 Å². The highest BCUT2D eigenvalue weighted by atomic mass is 16.3. The zero-order valence-corrected chi connectivity index (χ0v) is 10.7. The molecule has 2 aromatic rings. The fourth-order valence-electron chi connectivity index (χ4n) is 2.34. The molecule has 17 heavy (non-hydrogen) atoms. The second-order valence-corrected chi connectivity index (χ2v) is 4.50. The maximum Gasteiger partial charge on any atom is 0.139 e. The molecule has 0 saturated carbocycles. The molecular formula is C14H20N2O. The molecule has 2 aromatic heterocycles. The molecule has 1 atom stereocenters. The lowest BCUT2D eigenvalue weighted by atomic mass is 9.95. The van der Waals surface area contributed by atoms with Gasteiger partial charge in [-0.25, -0.2) is 4.98 Å². The number of furan rings is 1. The van der Waals surface area contributed by atoms with E-state index in [4.69, 9.17) is 4.42 Å². The Morgan fingerprint density at radius 1 is 1.29 bits per heavy atom. The average Bonchev–Trinajstić information content (AvgIpc) is 2.80. The van der Waals surface area contributed by atoms with Crippen LogP contribution in [0.2, 0.25) is 0 Å². The number of nitrogens with one attached hydrogen (secondary N) is 1. The van der Waals surface area contributed by atoms with Gasteiger partial charge in [-0.15, -0.1) is 0 Å². The van der Waals surface area contributed by atoms with Gasteiger partial charge in [0.05, 0.1) is 11.6 Å². The molecule has 3 nitrogen and oxygen atoms in total. The van der Waals surface area contributed by atoms with E-state index >= 15 is 0 Å². The Kier molecular flexibility index (Phi) is 3.67. The van der Waals surface area contributed by atoms with Crippen LogP contribution in [0.1, 0.15) is 33.6 Å². The molecule has 2 rings (SSSR count). The van der Waals surface area contributed by atoms with Gasteiger partial charge in [0.15, 0.2) is 0 Å². The Morgan fingerprint density at radius 3 is 2.76 bits per heavy atom. The number of rotatable bonds is 5. The highest BCUT2D eigenvalue weighted by Gasteiger charge is 2.15. The lowest BCUT2D eigenvalue weighted by Gasteiger charge is -2.23. The van der Waals surface area contributed by atoms with Crippen LogP contribution in [-0.4, -0.2) is 11.0 Å². The molecule has 0 bridgehead atoms. The van der Waals surface area contributed by atoms with E-state index in [-0.39, 0.29) is 0 Å². The molecule has 92 valence electrons. The predicted molar refractivity (Wildman–Crippen MR) is 71.2 cm³/mol. The SMILES string of the molecule is CCC(CC)C(C)Nc1nccc2occc12. The van der Waals surface area contributed by atoms with Gasteiger partial charge >= 0.3 is 0 Å². The van der Waals surface area contributed by atoms with Crippen molar-refractivity contribution in [2.24, 2.45) is 5.92 Å². The van der Waals surface area contributed by atoms with Crippen LogP contribution in [0.4, 0.5) is 5.82 Å². The molecule has 2 heterocycles. The maximum atomic E-state index is 5.37. The summed E-state index contributed by atoms with van der Waals surface area (Å²) in [6.07, 6.45) is 5.87. The second kappa shape index (κ2) is 5.21. The molecule has 0 aliphatic carbocycles. The third kappa shape index (κ3) is 2.43. The van der Waals surface area contributed by atoms with Gasteiger partial charge in [-0.05, 0) is 25.0 Å². The number of hydrogen-bond acceptors (Lipinski definition) is 3. The number of aromatic nitrogens is 1. The fraction of sp³-hybridized carbons (Fsp3) is 0.500. The van der Waals surface area contributed by atoms with Crippen LogP contribution in [0.25, 0.3) is 11.0 Å². The lowest BCUT2D eigenvalue weighted by Crippen LogP contribution is -2.25. The smallest absolute Gasteiger partial charge is 0.139 e. The van der Waals surface area contributed by atoms with Crippen LogP contribution in [0.3, 0.4) is 0 Å².